The first-order valence-electron chi connectivity index (χ1n) is 8.09. The van der Waals surface area contributed by atoms with Gasteiger partial charge in [0.2, 0.25) is 0 Å². The molecule has 1 aromatic rings. The molecular weight excluding hydrogens is 405 g/mol. The summed E-state index contributed by atoms with van der Waals surface area (Å²) in [6, 6.07) is 8.06. The minimum absolute atomic E-state index is 0. The van der Waals surface area contributed by atoms with Crippen LogP contribution in [0.25, 0.3) is 0 Å². The predicted octanol–water partition coefficient (Wildman–Crippen LogP) is 3.00. The van der Waals surface area contributed by atoms with Crippen molar-refractivity contribution in [3.63, 3.8) is 0 Å². The lowest BCUT2D eigenvalue weighted by Crippen LogP contribution is -2.65. The topological polar surface area (TPSA) is 68.9 Å². The molecule has 1 spiro atoms. The summed E-state index contributed by atoms with van der Waals surface area (Å²) in [5.41, 5.74) is 7.33. The van der Waals surface area contributed by atoms with Crippen molar-refractivity contribution in [3.8, 4) is 5.75 Å². The largest absolute Gasteiger partial charge is 0.497 e. The SMILES string of the molecule is COc1cccc(NC(N)=NC2C3CCOC3C23CCC3)c1.I. The molecule has 0 bridgehead atoms. The fourth-order valence-corrected chi connectivity index (χ4v) is 4.42. The third-order valence-electron chi connectivity index (χ3n) is 5.60. The maximum Gasteiger partial charge on any atom is 0.193 e. The maximum absolute atomic E-state index is 6.15. The van der Waals surface area contributed by atoms with Gasteiger partial charge in [-0.05, 0) is 31.4 Å². The number of halogens is 1. The lowest BCUT2D eigenvalue weighted by Gasteiger charge is -2.61. The fraction of sp³-hybridized carbons (Fsp3) is 0.588. The molecule has 2 aliphatic carbocycles. The quantitative estimate of drug-likeness (QED) is 0.441. The second-order valence-corrected chi connectivity index (χ2v) is 6.65. The van der Waals surface area contributed by atoms with E-state index in [1.165, 1.54) is 19.3 Å². The zero-order valence-electron chi connectivity index (χ0n) is 13.3. The summed E-state index contributed by atoms with van der Waals surface area (Å²) in [7, 11) is 1.66. The number of hydrogen-bond acceptors (Lipinski definition) is 3. The molecule has 23 heavy (non-hydrogen) atoms. The van der Waals surface area contributed by atoms with Gasteiger partial charge in [-0.3, -0.25) is 0 Å². The highest BCUT2D eigenvalue weighted by Gasteiger charge is 2.66. The molecule has 0 aromatic heterocycles. The molecule has 1 aliphatic heterocycles. The van der Waals surface area contributed by atoms with Gasteiger partial charge in [0.25, 0.3) is 0 Å². The normalized spacial score (nSPS) is 30.7. The predicted molar refractivity (Wildman–Crippen MR) is 102 cm³/mol. The number of nitrogens with one attached hydrogen (secondary N) is 1. The molecule has 5 nitrogen and oxygen atoms in total. The van der Waals surface area contributed by atoms with E-state index >= 15 is 0 Å². The van der Waals surface area contributed by atoms with Crippen molar-refractivity contribution in [1.82, 2.24) is 0 Å². The minimum atomic E-state index is 0. The number of nitrogens with zero attached hydrogens (tertiary/aromatic N) is 1. The summed E-state index contributed by atoms with van der Waals surface area (Å²) in [6.07, 6.45) is 5.30. The van der Waals surface area contributed by atoms with E-state index in [0.29, 0.717) is 24.0 Å². The van der Waals surface area contributed by atoms with Crippen molar-refractivity contribution in [2.45, 2.75) is 37.8 Å². The van der Waals surface area contributed by atoms with Crippen LogP contribution in [0.1, 0.15) is 25.7 Å². The Hall–Kier alpha value is -1.02. The molecule has 3 unspecified atom stereocenters. The Morgan fingerprint density at radius 2 is 2.26 bits per heavy atom. The van der Waals surface area contributed by atoms with Crippen LogP contribution in [-0.2, 0) is 4.74 Å². The molecule has 6 heteroatoms. The average Bonchev–Trinajstić information content (AvgIpc) is 2.89. The van der Waals surface area contributed by atoms with Gasteiger partial charge in [-0.2, -0.15) is 0 Å². The number of ether oxygens (including phenoxy) is 2. The van der Waals surface area contributed by atoms with Crippen molar-refractivity contribution in [2.75, 3.05) is 19.0 Å². The highest BCUT2D eigenvalue weighted by Crippen LogP contribution is 2.64. The van der Waals surface area contributed by atoms with Gasteiger partial charge in [0, 0.05) is 29.7 Å². The van der Waals surface area contributed by atoms with Crippen LogP contribution in [0.2, 0.25) is 0 Å². The molecule has 3 atom stereocenters. The van der Waals surface area contributed by atoms with Gasteiger partial charge in [0.1, 0.15) is 5.75 Å². The molecule has 2 saturated carbocycles. The Morgan fingerprint density at radius 3 is 2.96 bits per heavy atom. The Morgan fingerprint density at radius 1 is 1.43 bits per heavy atom. The number of rotatable bonds is 3. The van der Waals surface area contributed by atoms with Crippen LogP contribution in [-0.4, -0.2) is 31.8 Å². The highest BCUT2D eigenvalue weighted by molar-refractivity contribution is 14.0. The summed E-state index contributed by atoms with van der Waals surface area (Å²) >= 11 is 0. The van der Waals surface area contributed by atoms with Crippen molar-refractivity contribution >= 4 is 35.6 Å². The number of aliphatic imine (C=N–C) groups is 1. The van der Waals surface area contributed by atoms with Gasteiger partial charge in [-0.25, -0.2) is 4.99 Å². The number of methoxy groups -OCH3 is 1. The van der Waals surface area contributed by atoms with Gasteiger partial charge in [-0.1, -0.05) is 12.5 Å². The first kappa shape index (κ1) is 16.8. The summed E-state index contributed by atoms with van der Waals surface area (Å²) in [4.78, 5) is 4.81. The van der Waals surface area contributed by atoms with Crippen molar-refractivity contribution < 1.29 is 9.47 Å². The molecule has 1 heterocycles. The number of benzene rings is 1. The summed E-state index contributed by atoms with van der Waals surface area (Å²) in [5, 5.41) is 3.19. The highest BCUT2D eigenvalue weighted by atomic mass is 127. The summed E-state index contributed by atoms with van der Waals surface area (Å²) in [6.45, 7) is 0.881. The van der Waals surface area contributed by atoms with E-state index in [1.807, 2.05) is 24.3 Å². The van der Waals surface area contributed by atoms with Crippen LogP contribution in [0.3, 0.4) is 0 Å². The fourth-order valence-electron chi connectivity index (χ4n) is 4.42. The lowest BCUT2D eigenvalue weighted by molar-refractivity contribution is -0.164. The van der Waals surface area contributed by atoms with Crippen molar-refractivity contribution in [2.24, 2.45) is 22.1 Å². The van der Waals surface area contributed by atoms with E-state index < -0.39 is 0 Å². The number of hydrogen-bond donors (Lipinski definition) is 2. The van der Waals surface area contributed by atoms with E-state index in [9.17, 15) is 0 Å². The average molecular weight is 429 g/mol. The van der Waals surface area contributed by atoms with Gasteiger partial charge in [0.15, 0.2) is 5.96 Å². The molecule has 126 valence electrons. The third-order valence-corrected chi connectivity index (χ3v) is 5.60. The number of fused-ring (bicyclic) bond motifs is 2. The van der Waals surface area contributed by atoms with Gasteiger partial charge < -0.3 is 20.5 Å². The second-order valence-electron chi connectivity index (χ2n) is 6.65. The zero-order chi connectivity index (χ0) is 15.2. The molecule has 4 rings (SSSR count). The first-order valence-corrected chi connectivity index (χ1v) is 8.09. The number of anilines is 1. The summed E-state index contributed by atoms with van der Waals surface area (Å²) in [5.74, 6) is 1.86. The Balaban J connectivity index is 0.00000156. The van der Waals surface area contributed by atoms with Gasteiger partial charge in [-0.15, -0.1) is 24.0 Å². The first-order chi connectivity index (χ1) is 10.7. The molecule has 1 aromatic carbocycles. The monoisotopic (exact) mass is 429 g/mol. The number of guanidine groups is 1. The standard InChI is InChI=1S/C17H23N3O2.HI/c1-21-12-5-2-4-11(10-12)19-16(18)20-14-13-6-9-22-15(13)17(14)7-3-8-17;/h2,4-5,10,13-15H,3,6-9H2,1H3,(H3,18,19,20);1H. The Bertz CT molecular complexity index is 603. The van der Waals surface area contributed by atoms with Crippen LogP contribution >= 0.6 is 24.0 Å². The van der Waals surface area contributed by atoms with E-state index in [4.69, 9.17) is 20.2 Å². The van der Waals surface area contributed by atoms with Crippen molar-refractivity contribution in [3.05, 3.63) is 24.3 Å². The third kappa shape index (κ3) is 2.69. The molecule has 0 amide bonds. The Labute approximate surface area is 154 Å². The molecule has 3 N–H and O–H groups in total. The molecule has 0 radical (unpaired) electrons. The minimum Gasteiger partial charge on any atom is -0.497 e. The Kier molecular flexibility index (Phi) is 4.73. The van der Waals surface area contributed by atoms with E-state index in [-0.39, 0.29) is 29.4 Å². The molecule has 1 saturated heterocycles. The van der Waals surface area contributed by atoms with Gasteiger partial charge in [0.05, 0.1) is 19.3 Å². The number of nitrogens with two attached hydrogens (primary N) is 1. The smallest absolute Gasteiger partial charge is 0.193 e. The van der Waals surface area contributed by atoms with Gasteiger partial charge >= 0.3 is 0 Å². The molecule has 3 fully saturated rings. The van der Waals surface area contributed by atoms with Crippen LogP contribution in [0.4, 0.5) is 5.69 Å². The van der Waals surface area contributed by atoms with Crippen LogP contribution < -0.4 is 15.8 Å². The zero-order valence-corrected chi connectivity index (χ0v) is 15.7. The second kappa shape index (κ2) is 6.47. The summed E-state index contributed by atoms with van der Waals surface area (Å²) < 4.78 is 11.2. The maximum atomic E-state index is 6.15. The van der Waals surface area contributed by atoms with Crippen LogP contribution in [0.15, 0.2) is 29.3 Å². The molecule has 3 aliphatic rings. The lowest BCUT2D eigenvalue weighted by atomic mass is 9.46. The molecular formula is C17H24IN3O2. The van der Waals surface area contributed by atoms with Crippen molar-refractivity contribution in [1.29, 1.82) is 0 Å². The van der Waals surface area contributed by atoms with Crippen LogP contribution in [0, 0.1) is 11.3 Å². The van der Waals surface area contributed by atoms with E-state index in [2.05, 4.69) is 5.32 Å². The van der Waals surface area contributed by atoms with Crippen LogP contribution in [0.5, 0.6) is 5.75 Å². The van der Waals surface area contributed by atoms with E-state index in [0.717, 1.165) is 24.5 Å². The van der Waals surface area contributed by atoms with E-state index in [1.54, 1.807) is 7.11 Å².